The summed E-state index contributed by atoms with van der Waals surface area (Å²) in [6.07, 6.45) is 3.68. The van der Waals surface area contributed by atoms with Gasteiger partial charge in [0.2, 0.25) is 0 Å². The first-order valence-corrected chi connectivity index (χ1v) is 7.71. The van der Waals surface area contributed by atoms with Crippen molar-refractivity contribution in [1.29, 1.82) is 0 Å². The fourth-order valence-electron chi connectivity index (χ4n) is 2.00. The predicted octanol–water partition coefficient (Wildman–Crippen LogP) is 3.00. The maximum Gasteiger partial charge on any atom is 0.261 e. The predicted molar refractivity (Wildman–Crippen MR) is 81.1 cm³/mol. The number of thioether (sulfide) groups is 1. The zero-order valence-corrected chi connectivity index (χ0v) is 12.5. The topological polar surface area (TPSA) is 76.8 Å². The third-order valence-electron chi connectivity index (χ3n) is 2.97. The molecule has 21 heavy (non-hydrogen) atoms. The van der Waals surface area contributed by atoms with Gasteiger partial charge >= 0.3 is 0 Å². The van der Waals surface area contributed by atoms with Crippen LogP contribution in [0.2, 0.25) is 0 Å². The Morgan fingerprint density at radius 2 is 2.29 bits per heavy atom. The second-order valence-electron chi connectivity index (χ2n) is 4.34. The maximum atomic E-state index is 5.31. The highest BCUT2D eigenvalue weighted by Crippen LogP contribution is 2.31. The summed E-state index contributed by atoms with van der Waals surface area (Å²) in [5.74, 6) is 2.64. The van der Waals surface area contributed by atoms with Crippen molar-refractivity contribution in [3.8, 4) is 28.5 Å². The second kappa shape index (κ2) is 6.01. The van der Waals surface area contributed by atoms with Crippen molar-refractivity contribution in [3.05, 3.63) is 36.3 Å². The number of aromatic nitrogens is 4. The number of methoxy groups -OCH3 is 1. The molecule has 0 aliphatic heterocycles. The van der Waals surface area contributed by atoms with Gasteiger partial charge in [0.25, 0.3) is 5.89 Å². The molecule has 0 unspecified atom stereocenters. The number of rotatable bonds is 5. The lowest BCUT2D eigenvalue weighted by atomic mass is 10.1. The molecular weight excluding hydrogens is 288 g/mol. The summed E-state index contributed by atoms with van der Waals surface area (Å²) >= 11 is 1.65. The van der Waals surface area contributed by atoms with Crippen molar-refractivity contribution in [2.45, 2.75) is 5.75 Å². The molecule has 7 heteroatoms. The molecule has 0 saturated heterocycles. The molecule has 3 aromatic rings. The van der Waals surface area contributed by atoms with Gasteiger partial charge < -0.3 is 9.26 Å². The Bertz CT molecular complexity index is 738. The van der Waals surface area contributed by atoms with Crippen molar-refractivity contribution in [1.82, 2.24) is 20.3 Å². The molecule has 0 aliphatic rings. The number of ether oxygens (including phenoxy) is 1. The molecule has 0 fully saturated rings. The van der Waals surface area contributed by atoms with Gasteiger partial charge in [0, 0.05) is 5.56 Å². The van der Waals surface area contributed by atoms with Gasteiger partial charge in [-0.2, -0.15) is 21.8 Å². The normalized spacial score (nSPS) is 10.8. The Kier molecular flexibility index (Phi) is 3.92. The first-order chi connectivity index (χ1) is 10.3. The standard InChI is InChI=1S/C14H14N4O2S/c1-19-10-5-3-4-9(6-10)13-11(7-15-17-13)14-16-12(8-21-2)18-20-14/h3-7H,8H2,1-2H3,(H,15,17). The summed E-state index contributed by atoms with van der Waals surface area (Å²) in [5.41, 5.74) is 2.56. The van der Waals surface area contributed by atoms with Gasteiger partial charge in [0.1, 0.15) is 5.75 Å². The number of hydrogen-bond donors (Lipinski definition) is 1. The van der Waals surface area contributed by atoms with Crippen LogP contribution in [0, 0.1) is 0 Å². The van der Waals surface area contributed by atoms with Crippen LogP contribution < -0.4 is 4.74 Å². The minimum atomic E-state index is 0.464. The van der Waals surface area contributed by atoms with Crippen LogP contribution in [0.15, 0.2) is 35.0 Å². The van der Waals surface area contributed by atoms with E-state index in [2.05, 4.69) is 20.3 Å². The Labute approximate surface area is 125 Å². The first-order valence-electron chi connectivity index (χ1n) is 6.31. The summed E-state index contributed by atoms with van der Waals surface area (Å²) in [5, 5.41) is 11.0. The molecule has 0 spiro atoms. The molecule has 0 bridgehead atoms. The number of benzene rings is 1. The lowest BCUT2D eigenvalue weighted by Gasteiger charge is -2.03. The monoisotopic (exact) mass is 302 g/mol. The molecule has 0 atom stereocenters. The van der Waals surface area contributed by atoms with Crippen LogP contribution in [-0.2, 0) is 5.75 Å². The van der Waals surface area contributed by atoms with Crippen molar-refractivity contribution < 1.29 is 9.26 Å². The summed E-state index contributed by atoms with van der Waals surface area (Å²) in [6.45, 7) is 0. The Morgan fingerprint density at radius 3 is 3.10 bits per heavy atom. The van der Waals surface area contributed by atoms with Crippen molar-refractivity contribution in [2.24, 2.45) is 0 Å². The van der Waals surface area contributed by atoms with Crippen LogP contribution in [0.1, 0.15) is 5.82 Å². The third-order valence-corrected chi connectivity index (χ3v) is 3.52. The lowest BCUT2D eigenvalue weighted by molar-refractivity contribution is 0.415. The molecule has 3 rings (SSSR count). The second-order valence-corrected chi connectivity index (χ2v) is 5.21. The van der Waals surface area contributed by atoms with Crippen molar-refractivity contribution in [2.75, 3.05) is 13.4 Å². The Morgan fingerprint density at radius 1 is 1.38 bits per heavy atom. The van der Waals surface area contributed by atoms with E-state index in [1.54, 1.807) is 25.1 Å². The van der Waals surface area contributed by atoms with Crippen LogP contribution in [-0.4, -0.2) is 33.7 Å². The number of H-pyrrole nitrogens is 1. The van der Waals surface area contributed by atoms with Crippen LogP contribution in [0.25, 0.3) is 22.7 Å². The van der Waals surface area contributed by atoms with Gasteiger partial charge in [-0.1, -0.05) is 17.3 Å². The van der Waals surface area contributed by atoms with Gasteiger partial charge in [-0.15, -0.1) is 0 Å². The fourth-order valence-corrected chi connectivity index (χ4v) is 2.37. The van der Waals surface area contributed by atoms with Crippen LogP contribution in [0.3, 0.4) is 0 Å². The number of hydrogen-bond acceptors (Lipinski definition) is 6. The smallest absolute Gasteiger partial charge is 0.261 e. The molecule has 6 nitrogen and oxygen atoms in total. The van der Waals surface area contributed by atoms with E-state index in [0.717, 1.165) is 28.3 Å². The zero-order valence-electron chi connectivity index (χ0n) is 11.7. The minimum absolute atomic E-state index is 0.464. The number of nitrogens with zero attached hydrogens (tertiary/aromatic N) is 3. The Balaban J connectivity index is 1.99. The van der Waals surface area contributed by atoms with E-state index in [4.69, 9.17) is 9.26 Å². The summed E-state index contributed by atoms with van der Waals surface area (Å²) in [4.78, 5) is 4.38. The summed E-state index contributed by atoms with van der Waals surface area (Å²) in [7, 11) is 1.64. The molecule has 0 amide bonds. The van der Waals surface area contributed by atoms with Gasteiger partial charge in [0.05, 0.1) is 30.3 Å². The third kappa shape index (κ3) is 2.78. The Hall–Kier alpha value is -2.28. The number of aromatic amines is 1. The maximum absolute atomic E-state index is 5.31. The van der Waals surface area contributed by atoms with E-state index < -0.39 is 0 Å². The highest BCUT2D eigenvalue weighted by atomic mass is 32.2. The minimum Gasteiger partial charge on any atom is -0.497 e. The van der Waals surface area contributed by atoms with Gasteiger partial charge in [0.15, 0.2) is 5.82 Å². The first kappa shape index (κ1) is 13.7. The summed E-state index contributed by atoms with van der Waals surface area (Å²) < 4.78 is 10.6. The van der Waals surface area contributed by atoms with Crippen LogP contribution >= 0.6 is 11.8 Å². The average molecular weight is 302 g/mol. The molecule has 0 radical (unpaired) electrons. The highest BCUT2D eigenvalue weighted by molar-refractivity contribution is 7.97. The van der Waals surface area contributed by atoms with Gasteiger partial charge in [-0.25, -0.2) is 0 Å². The van der Waals surface area contributed by atoms with E-state index in [1.165, 1.54) is 0 Å². The fraction of sp³-hybridized carbons (Fsp3) is 0.214. The van der Waals surface area contributed by atoms with E-state index >= 15 is 0 Å². The summed E-state index contributed by atoms with van der Waals surface area (Å²) in [6, 6.07) is 7.71. The van der Waals surface area contributed by atoms with Crippen LogP contribution in [0.5, 0.6) is 5.75 Å². The average Bonchev–Trinajstić information content (AvgIpc) is 3.16. The molecule has 0 saturated carbocycles. The molecule has 0 aliphatic carbocycles. The van der Waals surface area contributed by atoms with E-state index in [1.807, 2.05) is 30.5 Å². The lowest BCUT2D eigenvalue weighted by Crippen LogP contribution is -1.87. The van der Waals surface area contributed by atoms with Gasteiger partial charge in [-0.3, -0.25) is 5.10 Å². The molecular formula is C14H14N4O2S. The zero-order chi connectivity index (χ0) is 14.7. The number of nitrogens with one attached hydrogen (secondary N) is 1. The largest absolute Gasteiger partial charge is 0.497 e. The van der Waals surface area contributed by atoms with Crippen molar-refractivity contribution in [3.63, 3.8) is 0 Å². The molecule has 108 valence electrons. The molecule has 2 heterocycles. The van der Waals surface area contributed by atoms with Crippen molar-refractivity contribution >= 4 is 11.8 Å². The SMILES string of the molecule is COc1cccc(-c2[nH]ncc2-c2nc(CSC)no2)c1. The highest BCUT2D eigenvalue weighted by Gasteiger charge is 2.16. The van der Waals surface area contributed by atoms with E-state index in [-0.39, 0.29) is 0 Å². The van der Waals surface area contributed by atoms with Crippen LogP contribution in [0.4, 0.5) is 0 Å². The van der Waals surface area contributed by atoms with E-state index in [9.17, 15) is 0 Å². The molecule has 2 aromatic heterocycles. The molecule has 1 aromatic carbocycles. The van der Waals surface area contributed by atoms with E-state index in [0.29, 0.717) is 11.7 Å². The van der Waals surface area contributed by atoms with Gasteiger partial charge in [-0.05, 0) is 18.4 Å². The molecule has 1 N–H and O–H groups in total. The quantitative estimate of drug-likeness (QED) is 0.780.